The number of carbonyl (C=O) groups is 2. The number of carbonyl (C=O) groups excluding carboxylic acids is 2. The van der Waals surface area contributed by atoms with Crippen LogP contribution in [0.3, 0.4) is 0 Å². The van der Waals surface area contributed by atoms with E-state index in [0.717, 1.165) is 4.68 Å². The highest BCUT2D eigenvalue weighted by Gasteiger charge is 2.11. The maximum Gasteiger partial charge on any atom is 0.327 e. The van der Waals surface area contributed by atoms with Crippen molar-refractivity contribution < 1.29 is 14.3 Å². The first-order chi connectivity index (χ1) is 9.45. The summed E-state index contributed by atoms with van der Waals surface area (Å²) in [7, 11) is 1.20. The maximum atomic E-state index is 11.8. The molecule has 0 aliphatic heterocycles. The largest absolute Gasteiger partial charge is 0.468 e. The number of methoxy groups -OCH3 is 1. The molecule has 2 amide bonds. The predicted molar refractivity (Wildman–Crippen MR) is 71.6 cm³/mol. The summed E-state index contributed by atoms with van der Waals surface area (Å²) in [6.45, 7) is 0.250. The molecule has 0 aromatic carbocycles. The zero-order valence-corrected chi connectivity index (χ0v) is 11.4. The van der Waals surface area contributed by atoms with E-state index < -0.39 is 17.6 Å². The number of esters is 1. The molecule has 20 heavy (non-hydrogen) atoms. The van der Waals surface area contributed by atoms with E-state index in [2.05, 4.69) is 20.5 Å². The van der Waals surface area contributed by atoms with Gasteiger partial charge < -0.3 is 21.1 Å². The maximum absolute atomic E-state index is 11.8. The summed E-state index contributed by atoms with van der Waals surface area (Å²) in [5.41, 5.74) is 4.57. The van der Waals surface area contributed by atoms with E-state index in [-0.39, 0.29) is 18.1 Å². The minimum atomic E-state index is -0.649. The molecule has 0 radical (unpaired) electrons. The molecule has 0 saturated carbocycles. The zero-order valence-electron chi connectivity index (χ0n) is 10.7. The van der Waals surface area contributed by atoms with E-state index in [4.69, 9.17) is 17.3 Å². The number of halogens is 1. The summed E-state index contributed by atoms with van der Waals surface area (Å²) in [4.78, 5) is 33.3. The molecule has 0 unspecified atom stereocenters. The Bertz CT molecular complexity index is 559. The van der Waals surface area contributed by atoms with Gasteiger partial charge in [-0.1, -0.05) is 11.6 Å². The summed E-state index contributed by atoms with van der Waals surface area (Å²) < 4.78 is 5.32. The molecule has 1 heterocycles. The molecule has 9 nitrogen and oxygen atoms in total. The normalized spacial score (nSPS) is 9.90. The fourth-order valence-electron chi connectivity index (χ4n) is 1.27. The van der Waals surface area contributed by atoms with Crippen LogP contribution in [0.1, 0.15) is 0 Å². The van der Waals surface area contributed by atoms with Crippen molar-refractivity contribution in [3.63, 3.8) is 0 Å². The van der Waals surface area contributed by atoms with Crippen LogP contribution in [-0.2, 0) is 16.1 Å². The molecular weight excluding hydrogens is 290 g/mol. The van der Waals surface area contributed by atoms with Gasteiger partial charge in [-0.15, -0.1) is 0 Å². The summed E-state index contributed by atoms with van der Waals surface area (Å²) in [5, 5.41) is 8.85. The minimum absolute atomic E-state index is 0.108. The van der Waals surface area contributed by atoms with Crippen LogP contribution < -0.4 is 21.9 Å². The third kappa shape index (κ3) is 4.43. The van der Waals surface area contributed by atoms with Gasteiger partial charge in [0, 0.05) is 13.1 Å². The van der Waals surface area contributed by atoms with Gasteiger partial charge in [-0.25, -0.2) is 9.48 Å². The number of amides is 2. The summed E-state index contributed by atoms with van der Waals surface area (Å²) >= 11 is 5.87. The number of nitrogens with two attached hydrogens (primary N) is 1. The van der Waals surface area contributed by atoms with Gasteiger partial charge in [0.25, 0.3) is 5.56 Å². The standard InChI is InChI=1S/C10H14ClN5O4/c1-20-7(17)5-16-9(18)8(11)6(4-15-16)13-2-3-14-10(12)19/h4,13H,2-3,5H2,1H3,(H3,12,14,19). The van der Waals surface area contributed by atoms with Gasteiger partial charge in [-0.05, 0) is 0 Å². The third-order valence-corrected chi connectivity index (χ3v) is 2.60. The van der Waals surface area contributed by atoms with Crippen molar-refractivity contribution in [1.29, 1.82) is 0 Å². The minimum Gasteiger partial charge on any atom is -0.468 e. The lowest BCUT2D eigenvalue weighted by Gasteiger charge is -2.09. The van der Waals surface area contributed by atoms with Crippen LogP contribution >= 0.6 is 11.6 Å². The lowest BCUT2D eigenvalue weighted by Crippen LogP contribution is -2.33. The third-order valence-electron chi connectivity index (χ3n) is 2.23. The van der Waals surface area contributed by atoms with Crippen LogP contribution in [0, 0.1) is 0 Å². The molecule has 0 bridgehead atoms. The summed E-state index contributed by atoms with van der Waals surface area (Å²) in [6.07, 6.45) is 1.30. The lowest BCUT2D eigenvalue weighted by atomic mass is 10.4. The Labute approximate surface area is 119 Å². The zero-order chi connectivity index (χ0) is 15.1. The first-order valence-electron chi connectivity index (χ1n) is 5.55. The molecule has 10 heteroatoms. The lowest BCUT2D eigenvalue weighted by molar-refractivity contribution is -0.141. The Morgan fingerprint density at radius 3 is 2.80 bits per heavy atom. The van der Waals surface area contributed by atoms with Crippen LogP contribution in [-0.4, -0.2) is 42.0 Å². The molecule has 0 aliphatic rings. The Kier molecular flexibility index (Phi) is 5.78. The quantitative estimate of drug-likeness (QED) is 0.464. The number of ether oxygens (including phenoxy) is 1. The number of nitrogens with zero attached hydrogens (tertiary/aromatic N) is 2. The fraction of sp³-hybridized carbons (Fsp3) is 0.400. The molecule has 4 N–H and O–H groups in total. The van der Waals surface area contributed by atoms with Crippen molar-refractivity contribution >= 4 is 29.3 Å². The smallest absolute Gasteiger partial charge is 0.327 e. The summed E-state index contributed by atoms with van der Waals surface area (Å²) in [5.74, 6) is -0.609. The molecule has 0 saturated heterocycles. The van der Waals surface area contributed by atoms with Crippen molar-refractivity contribution in [2.75, 3.05) is 25.5 Å². The molecule has 1 aromatic rings. The van der Waals surface area contributed by atoms with Crippen molar-refractivity contribution in [3.05, 3.63) is 21.6 Å². The Morgan fingerprint density at radius 2 is 2.20 bits per heavy atom. The predicted octanol–water partition coefficient (Wildman–Crippen LogP) is -0.850. The Hall–Kier alpha value is -2.29. The van der Waals surface area contributed by atoms with Gasteiger partial charge in [-0.3, -0.25) is 9.59 Å². The van der Waals surface area contributed by atoms with Crippen molar-refractivity contribution in [1.82, 2.24) is 15.1 Å². The highest BCUT2D eigenvalue weighted by Crippen LogP contribution is 2.14. The van der Waals surface area contributed by atoms with Crippen LogP contribution in [0.2, 0.25) is 5.02 Å². The molecule has 0 aliphatic carbocycles. The topological polar surface area (TPSA) is 128 Å². The second kappa shape index (κ2) is 7.34. The second-order valence-electron chi connectivity index (χ2n) is 3.63. The van der Waals surface area contributed by atoms with Gasteiger partial charge >= 0.3 is 12.0 Å². The number of primary amides is 1. The molecular formula is C10H14ClN5O4. The van der Waals surface area contributed by atoms with Crippen LogP contribution in [0.5, 0.6) is 0 Å². The first-order valence-corrected chi connectivity index (χ1v) is 5.93. The van der Waals surface area contributed by atoms with E-state index in [1.807, 2.05) is 0 Å². The average molecular weight is 304 g/mol. The van der Waals surface area contributed by atoms with Crippen molar-refractivity contribution in [3.8, 4) is 0 Å². The molecule has 0 atom stereocenters. The second-order valence-corrected chi connectivity index (χ2v) is 4.01. The molecule has 1 rings (SSSR count). The number of rotatable bonds is 6. The highest BCUT2D eigenvalue weighted by molar-refractivity contribution is 6.32. The van der Waals surface area contributed by atoms with E-state index in [0.29, 0.717) is 12.2 Å². The van der Waals surface area contributed by atoms with E-state index in [1.54, 1.807) is 0 Å². The SMILES string of the molecule is COC(=O)Cn1ncc(NCCNC(N)=O)c(Cl)c1=O. The van der Waals surface area contributed by atoms with E-state index in [9.17, 15) is 14.4 Å². The first kappa shape index (κ1) is 15.8. The van der Waals surface area contributed by atoms with Crippen molar-refractivity contribution in [2.45, 2.75) is 6.54 Å². The van der Waals surface area contributed by atoms with E-state index >= 15 is 0 Å². The number of anilines is 1. The number of aromatic nitrogens is 2. The van der Waals surface area contributed by atoms with Crippen molar-refractivity contribution in [2.24, 2.45) is 5.73 Å². The molecule has 1 aromatic heterocycles. The Morgan fingerprint density at radius 1 is 1.50 bits per heavy atom. The fourth-order valence-corrected chi connectivity index (χ4v) is 1.48. The summed E-state index contributed by atoms with van der Waals surface area (Å²) in [6, 6.07) is -0.649. The van der Waals surface area contributed by atoms with Crippen LogP contribution in [0.4, 0.5) is 10.5 Å². The Balaban J connectivity index is 2.71. The van der Waals surface area contributed by atoms with Gasteiger partial charge in [0.05, 0.1) is 19.0 Å². The highest BCUT2D eigenvalue weighted by atomic mass is 35.5. The van der Waals surface area contributed by atoms with Crippen LogP contribution in [0.15, 0.2) is 11.0 Å². The number of hydrogen-bond donors (Lipinski definition) is 3. The van der Waals surface area contributed by atoms with Gasteiger partial charge in [-0.2, -0.15) is 5.10 Å². The number of hydrogen-bond acceptors (Lipinski definition) is 6. The average Bonchev–Trinajstić information content (AvgIpc) is 2.41. The van der Waals surface area contributed by atoms with Crippen LogP contribution in [0.25, 0.3) is 0 Å². The molecule has 110 valence electrons. The number of nitrogens with one attached hydrogen (secondary N) is 2. The number of urea groups is 1. The van der Waals surface area contributed by atoms with E-state index in [1.165, 1.54) is 13.3 Å². The molecule has 0 spiro atoms. The van der Waals surface area contributed by atoms with Gasteiger partial charge in [0.1, 0.15) is 11.6 Å². The van der Waals surface area contributed by atoms with Gasteiger partial charge in [0.15, 0.2) is 0 Å². The molecule has 0 fully saturated rings. The monoisotopic (exact) mass is 303 g/mol. The van der Waals surface area contributed by atoms with Gasteiger partial charge in [0.2, 0.25) is 0 Å².